The number of nitrogens with one attached hydrogen (secondary N) is 1. The van der Waals surface area contributed by atoms with Crippen LogP contribution in [0.5, 0.6) is 11.5 Å². The molecule has 1 aliphatic carbocycles. The summed E-state index contributed by atoms with van der Waals surface area (Å²) < 4.78 is 23.6. The van der Waals surface area contributed by atoms with Gasteiger partial charge in [-0.1, -0.05) is 0 Å². The fraction of sp³-hybridized carbons (Fsp3) is 0.643. The highest BCUT2D eigenvalue weighted by molar-refractivity contribution is 14.1. The number of nitrogens with zero attached hydrogens (tertiary/aromatic N) is 1. The predicted octanol–water partition coefficient (Wildman–Crippen LogP) is 1.39. The van der Waals surface area contributed by atoms with Gasteiger partial charge < -0.3 is 44.5 Å². The van der Waals surface area contributed by atoms with Crippen molar-refractivity contribution in [2.75, 3.05) is 46.6 Å². The molecule has 1 heterocycles. The van der Waals surface area contributed by atoms with E-state index >= 15 is 0 Å². The van der Waals surface area contributed by atoms with Gasteiger partial charge in [-0.05, 0) is 73.1 Å². The van der Waals surface area contributed by atoms with E-state index < -0.39 is 24.2 Å². The average Bonchev–Trinajstić information content (AvgIpc) is 3.48. The summed E-state index contributed by atoms with van der Waals surface area (Å²) in [6.45, 7) is 5.12. The summed E-state index contributed by atoms with van der Waals surface area (Å²) in [5.41, 5.74) is 0.975. The van der Waals surface area contributed by atoms with Crippen LogP contribution in [-0.4, -0.2) is 103 Å². The highest BCUT2D eigenvalue weighted by Crippen LogP contribution is 2.37. The van der Waals surface area contributed by atoms with Crippen LogP contribution in [0.3, 0.4) is 0 Å². The molecule has 4 N–H and O–H groups in total. The molecular weight excluding hydrogens is 635 g/mol. The average molecular weight is 677 g/mol. The smallest absolute Gasteiger partial charge is 0.247 e. The van der Waals surface area contributed by atoms with Gasteiger partial charge >= 0.3 is 0 Å². The van der Waals surface area contributed by atoms with Gasteiger partial charge in [0.05, 0.1) is 48.6 Å². The van der Waals surface area contributed by atoms with Gasteiger partial charge in [0.15, 0.2) is 11.5 Å². The van der Waals surface area contributed by atoms with Gasteiger partial charge in [0.1, 0.15) is 12.2 Å². The summed E-state index contributed by atoms with van der Waals surface area (Å²) in [6.07, 6.45) is 0.712. The zero-order chi connectivity index (χ0) is 29.2. The van der Waals surface area contributed by atoms with Crippen LogP contribution >= 0.6 is 22.6 Å². The molecule has 1 aromatic rings. The van der Waals surface area contributed by atoms with Crippen molar-refractivity contribution < 1.29 is 43.9 Å². The SMILES string of the molecule is COc1cc(CO)cc(I)c1OC1C=C(C(=O)NCCO)CC(N(CCCOC(C)C)C(=O)C2CCOC2)C1O. The molecule has 1 aromatic carbocycles. The maximum Gasteiger partial charge on any atom is 0.247 e. The van der Waals surface area contributed by atoms with E-state index in [1.165, 1.54) is 7.11 Å². The molecule has 0 radical (unpaired) electrons. The third-order valence-electron chi connectivity index (χ3n) is 6.90. The molecule has 0 saturated carbocycles. The Morgan fingerprint density at radius 3 is 2.67 bits per heavy atom. The van der Waals surface area contributed by atoms with Crippen LogP contribution in [0.4, 0.5) is 0 Å². The minimum absolute atomic E-state index is 0.0462. The number of methoxy groups -OCH3 is 1. The van der Waals surface area contributed by atoms with E-state index in [4.69, 9.17) is 18.9 Å². The number of carbonyl (C=O) groups excluding carboxylic acids is 2. The van der Waals surface area contributed by atoms with Gasteiger partial charge in [-0.2, -0.15) is 0 Å². The summed E-state index contributed by atoms with van der Waals surface area (Å²) in [7, 11) is 1.48. The molecule has 1 aliphatic heterocycles. The number of ether oxygens (including phenoxy) is 4. The van der Waals surface area contributed by atoms with Crippen molar-refractivity contribution in [3.8, 4) is 11.5 Å². The highest BCUT2D eigenvalue weighted by atomic mass is 127. The van der Waals surface area contributed by atoms with E-state index in [-0.39, 0.29) is 44.1 Å². The molecule has 4 atom stereocenters. The van der Waals surface area contributed by atoms with E-state index in [1.807, 2.05) is 13.8 Å². The predicted molar refractivity (Wildman–Crippen MR) is 155 cm³/mol. The summed E-state index contributed by atoms with van der Waals surface area (Å²) in [4.78, 5) is 28.4. The molecule has 2 amide bonds. The van der Waals surface area contributed by atoms with Crippen LogP contribution in [0, 0.1) is 9.49 Å². The maximum absolute atomic E-state index is 13.7. The molecule has 1 saturated heterocycles. The maximum atomic E-state index is 13.7. The molecule has 2 aliphatic rings. The van der Waals surface area contributed by atoms with E-state index in [1.54, 1.807) is 23.1 Å². The van der Waals surface area contributed by atoms with Gasteiger partial charge in [0.2, 0.25) is 11.8 Å². The second-order valence-corrected chi connectivity index (χ2v) is 11.3. The number of halogens is 1. The van der Waals surface area contributed by atoms with Gasteiger partial charge in [-0.15, -0.1) is 0 Å². The lowest BCUT2D eigenvalue weighted by atomic mass is 9.87. The van der Waals surface area contributed by atoms with Crippen molar-refractivity contribution in [2.45, 2.75) is 64.1 Å². The largest absolute Gasteiger partial charge is 0.493 e. The van der Waals surface area contributed by atoms with E-state index in [0.717, 1.165) is 0 Å². The number of aliphatic hydroxyl groups excluding tert-OH is 3. The van der Waals surface area contributed by atoms with Crippen molar-refractivity contribution >= 4 is 34.4 Å². The molecular formula is C28H41IN2O9. The Morgan fingerprint density at radius 2 is 2.05 bits per heavy atom. The van der Waals surface area contributed by atoms with Crippen LogP contribution in [-0.2, 0) is 25.7 Å². The number of rotatable bonds is 14. The first-order chi connectivity index (χ1) is 19.2. The summed E-state index contributed by atoms with van der Waals surface area (Å²) in [5.74, 6) is -0.157. The second-order valence-electron chi connectivity index (χ2n) is 10.1. The van der Waals surface area contributed by atoms with Crippen LogP contribution in [0.25, 0.3) is 0 Å². The van der Waals surface area contributed by atoms with Crippen molar-refractivity contribution in [3.05, 3.63) is 32.9 Å². The fourth-order valence-electron chi connectivity index (χ4n) is 4.85. The number of aliphatic hydroxyl groups is 3. The minimum atomic E-state index is -1.16. The number of carbonyl (C=O) groups is 2. The normalized spacial score (nSPS) is 22.6. The van der Waals surface area contributed by atoms with E-state index in [9.17, 15) is 24.9 Å². The zero-order valence-corrected chi connectivity index (χ0v) is 25.5. The lowest BCUT2D eigenvalue weighted by molar-refractivity contribution is -0.143. The van der Waals surface area contributed by atoms with Crippen molar-refractivity contribution in [1.82, 2.24) is 10.2 Å². The monoisotopic (exact) mass is 676 g/mol. The molecule has 0 aromatic heterocycles. The highest BCUT2D eigenvalue weighted by Gasteiger charge is 2.42. The number of hydrogen-bond donors (Lipinski definition) is 4. The van der Waals surface area contributed by atoms with Crippen molar-refractivity contribution in [1.29, 1.82) is 0 Å². The Labute approximate surface area is 248 Å². The molecule has 11 nitrogen and oxygen atoms in total. The molecule has 12 heteroatoms. The van der Waals surface area contributed by atoms with Crippen LogP contribution in [0.2, 0.25) is 0 Å². The van der Waals surface area contributed by atoms with E-state index in [2.05, 4.69) is 27.9 Å². The van der Waals surface area contributed by atoms with Crippen LogP contribution in [0.1, 0.15) is 38.7 Å². The number of amides is 2. The van der Waals surface area contributed by atoms with Gasteiger partial charge in [-0.3, -0.25) is 9.59 Å². The molecule has 224 valence electrons. The van der Waals surface area contributed by atoms with Crippen molar-refractivity contribution in [3.63, 3.8) is 0 Å². The standard InChI is InChI=1S/C28H41IN2O9/c1-17(2)39-9-4-7-31(28(36)19-5-10-38-16-19)22-13-20(27(35)30-6-8-32)14-23(25(22)34)40-26-21(29)11-18(15-33)12-24(26)37-3/h11-12,14,17,19,22-23,25,32-34H,4-10,13,15-16H2,1-3H3,(H,30,35). The molecule has 40 heavy (non-hydrogen) atoms. The fourth-order valence-corrected chi connectivity index (χ4v) is 5.64. The lowest BCUT2D eigenvalue weighted by Crippen LogP contribution is -2.56. The van der Waals surface area contributed by atoms with Gasteiger partial charge in [0.25, 0.3) is 0 Å². The Kier molecular flexibility index (Phi) is 12.9. The van der Waals surface area contributed by atoms with Crippen LogP contribution < -0.4 is 14.8 Å². The van der Waals surface area contributed by atoms with Gasteiger partial charge in [0, 0.05) is 38.3 Å². The van der Waals surface area contributed by atoms with E-state index in [0.29, 0.717) is 65.4 Å². The van der Waals surface area contributed by atoms with Crippen molar-refractivity contribution in [2.24, 2.45) is 5.92 Å². The molecule has 1 fully saturated rings. The lowest BCUT2D eigenvalue weighted by Gasteiger charge is -2.41. The second kappa shape index (κ2) is 15.9. The summed E-state index contributed by atoms with van der Waals surface area (Å²) >= 11 is 2.06. The summed E-state index contributed by atoms with van der Waals surface area (Å²) in [6, 6.07) is 2.64. The third kappa shape index (κ3) is 8.52. The summed E-state index contributed by atoms with van der Waals surface area (Å²) in [5, 5.41) is 33.1. The first-order valence-electron chi connectivity index (χ1n) is 13.6. The Balaban J connectivity index is 1.96. The Bertz CT molecular complexity index is 1030. The first kappa shape index (κ1) is 32.5. The Hall–Kier alpha value is -1.97. The quantitative estimate of drug-likeness (QED) is 0.170. The topological polar surface area (TPSA) is 147 Å². The molecule has 4 unspecified atom stereocenters. The number of benzene rings is 1. The van der Waals surface area contributed by atoms with Crippen LogP contribution in [0.15, 0.2) is 23.8 Å². The zero-order valence-electron chi connectivity index (χ0n) is 23.3. The minimum Gasteiger partial charge on any atom is -0.493 e. The first-order valence-corrected chi connectivity index (χ1v) is 14.7. The molecule has 0 spiro atoms. The van der Waals surface area contributed by atoms with Gasteiger partial charge in [-0.25, -0.2) is 0 Å². The third-order valence-corrected chi connectivity index (χ3v) is 7.70. The molecule has 3 rings (SSSR count). The Morgan fingerprint density at radius 1 is 1.27 bits per heavy atom. The number of hydrogen-bond acceptors (Lipinski definition) is 9. The molecule has 0 bridgehead atoms.